The van der Waals surface area contributed by atoms with E-state index in [-0.39, 0.29) is 0 Å². The van der Waals surface area contributed by atoms with Crippen LogP contribution in [-0.4, -0.2) is 6.61 Å². The van der Waals surface area contributed by atoms with E-state index >= 15 is 0 Å². The van der Waals surface area contributed by atoms with Crippen molar-refractivity contribution in [2.24, 2.45) is 0 Å². The molecule has 0 radical (unpaired) electrons. The lowest BCUT2D eigenvalue weighted by Crippen LogP contribution is -1.99. The summed E-state index contributed by atoms with van der Waals surface area (Å²) >= 11 is 4.65. The molecule has 96 valence electrons. The van der Waals surface area contributed by atoms with E-state index < -0.39 is 0 Å². The van der Waals surface area contributed by atoms with E-state index in [1.54, 1.807) is 0 Å². The van der Waals surface area contributed by atoms with Crippen LogP contribution >= 0.6 is 45.2 Å². The number of ether oxygens (including phenoxy) is 1. The van der Waals surface area contributed by atoms with Crippen molar-refractivity contribution in [1.29, 1.82) is 0 Å². The molecule has 0 atom stereocenters. The van der Waals surface area contributed by atoms with E-state index in [4.69, 9.17) is 4.74 Å². The van der Waals surface area contributed by atoms with Crippen LogP contribution in [0.3, 0.4) is 0 Å². The Morgan fingerprint density at radius 2 is 1.71 bits per heavy atom. The average molecular weight is 458 g/mol. The highest BCUT2D eigenvalue weighted by molar-refractivity contribution is 14.1. The van der Waals surface area contributed by atoms with Crippen molar-refractivity contribution in [2.45, 2.75) is 45.4 Å². The number of rotatable bonds is 8. The summed E-state index contributed by atoms with van der Waals surface area (Å²) in [7, 11) is 0. The summed E-state index contributed by atoms with van der Waals surface area (Å²) in [5, 5.41) is 0. The average Bonchev–Trinajstić information content (AvgIpc) is 2.32. The van der Waals surface area contributed by atoms with Gasteiger partial charge in [0.25, 0.3) is 0 Å². The van der Waals surface area contributed by atoms with Gasteiger partial charge in [-0.1, -0.05) is 39.0 Å². The number of unbranched alkanes of at least 4 members (excludes halogenated alkanes) is 5. The molecule has 0 aliphatic rings. The Balaban J connectivity index is 2.15. The van der Waals surface area contributed by atoms with Gasteiger partial charge in [0.2, 0.25) is 0 Å². The van der Waals surface area contributed by atoms with Crippen LogP contribution < -0.4 is 4.74 Å². The van der Waals surface area contributed by atoms with Crippen LogP contribution in [0.15, 0.2) is 18.2 Å². The van der Waals surface area contributed by atoms with Gasteiger partial charge in [-0.05, 0) is 69.8 Å². The first-order chi connectivity index (χ1) is 8.24. The zero-order valence-corrected chi connectivity index (χ0v) is 14.7. The molecule has 0 aliphatic heterocycles. The van der Waals surface area contributed by atoms with Crippen LogP contribution in [0.4, 0.5) is 0 Å². The molecule has 0 amide bonds. The first-order valence-electron chi connectivity index (χ1n) is 6.32. The molecular weight excluding hydrogens is 438 g/mol. The summed E-state index contributed by atoms with van der Waals surface area (Å²) in [4.78, 5) is 0. The Bertz CT molecular complexity index is 326. The molecule has 1 nitrogen and oxygen atoms in total. The van der Waals surface area contributed by atoms with Crippen molar-refractivity contribution in [2.75, 3.05) is 6.61 Å². The largest absolute Gasteiger partial charge is 0.492 e. The predicted molar refractivity (Wildman–Crippen MR) is 90.7 cm³/mol. The molecule has 0 aromatic heterocycles. The first-order valence-corrected chi connectivity index (χ1v) is 8.47. The summed E-state index contributed by atoms with van der Waals surface area (Å²) < 4.78 is 8.25. The van der Waals surface area contributed by atoms with Gasteiger partial charge in [0.1, 0.15) is 5.75 Å². The topological polar surface area (TPSA) is 9.23 Å². The van der Waals surface area contributed by atoms with E-state index in [9.17, 15) is 0 Å². The molecule has 0 spiro atoms. The molecule has 0 fully saturated rings. The minimum absolute atomic E-state index is 0.849. The molecular formula is C14H20I2O. The lowest BCUT2D eigenvalue weighted by molar-refractivity contribution is 0.302. The van der Waals surface area contributed by atoms with Crippen LogP contribution in [0.5, 0.6) is 5.75 Å². The van der Waals surface area contributed by atoms with Gasteiger partial charge in [0.05, 0.1) is 10.2 Å². The summed E-state index contributed by atoms with van der Waals surface area (Å²) in [5.41, 5.74) is 0. The molecule has 0 aliphatic carbocycles. The Morgan fingerprint density at radius 1 is 1.00 bits per heavy atom. The van der Waals surface area contributed by atoms with Gasteiger partial charge in [-0.25, -0.2) is 0 Å². The Hall–Kier alpha value is 0.480. The molecule has 17 heavy (non-hydrogen) atoms. The molecule has 1 rings (SSSR count). The third kappa shape index (κ3) is 6.84. The number of benzene rings is 1. The van der Waals surface area contributed by atoms with Crippen LogP contribution in [0.25, 0.3) is 0 Å². The van der Waals surface area contributed by atoms with E-state index in [0.29, 0.717) is 0 Å². The summed E-state index contributed by atoms with van der Waals surface area (Å²) in [6.45, 7) is 3.10. The van der Waals surface area contributed by atoms with E-state index in [1.165, 1.54) is 45.7 Å². The van der Waals surface area contributed by atoms with E-state index in [1.807, 2.05) is 0 Å². The highest BCUT2D eigenvalue weighted by Crippen LogP contribution is 2.23. The minimum atomic E-state index is 0.849. The van der Waals surface area contributed by atoms with Crippen LogP contribution in [0.2, 0.25) is 0 Å². The third-order valence-electron chi connectivity index (χ3n) is 2.65. The second kappa shape index (κ2) is 9.42. The van der Waals surface area contributed by atoms with Crippen molar-refractivity contribution in [3.63, 3.8) is 0 Å². The quantitative estimate of drug-likeness (QED) is 0.363. The van der Waals surface area contributed by atoms with Gasteiger partial charge in [-0.2, -0.15) is 0 Å². The SMILES string of the molecule is CCCCCCCCOc1cc(I)ccc1I. The zero-order chi connectivity index (χ0) is 12.5. The third-order valence-corrected chi connectivity index (χ3v) is 4.21. The molecule has 3 heteroatoms. The van der Waals surface area contributed by atoms with Crippen LogP contribution in [0, 0.1) is 7.14 Å². The highest BCUT2D eigenvalue weighted by atomic mass is 127. The van der Waals surface area contributed by atoms with Crippen LogP contribution in [-0.2, 0) is 0 Å². The monoisotopic (exact) mass is 458 g/mol. The highest BCUT2D eigenvalue weighted by Gasteiger charge is 2.01. The lowest BCUT2D eigenvalue weighted by Gasteiger charge is -2.08. The van der Waals surface area contributed by atoms with Gasteiger partial charge < -0.3 is 4.74 Å². The van der Waals surface area contributed by atoms with Crippen LogP contribution in [0.1, 0.15) is 45.4 Å². The Morgan fingerprint density at radius 3 is 2.47 bits per heavy atom. The van der Waals surface area contributed by atoms with Crippen molar-refractivity contribution < 1.29 is 4.74 Å². The molecule has 1 aromatic rings. The van der Waals surface area contributed by atoms with Crippen molar-refractivity contribution in [1.82, 2.24) is 0 Å². The van der Waals surface area contributed by atoms with Gasteiger partial charge in [-0.15, -0.1) is 0 Å². The van der Waals surface area contributed by atoms with Gasteiger partial charge >= 0.3 is 0 Å². The molecule has 0 saturated carbocycles. The molecule has 1 aromatic carbocycles. The summed E-state index contributed by atoms with van der Waals surface area (Å²) in [5.74, 6) is 1.03. The zero-order valence-electron chi connectivity index (χ0n) is 10.3. The number of hydrogen-bond acceptors (Lipinski definition) is 1. The molecule has 0 heterocycles. The summed E-state index contributed by atoms with van der Waals surface area (Å²) in [6.07, 6.45) is 7.87. The summed E-state index contributed by atoms with van der Waals surface area (Å²) in [6, 6.07) is 6.33. The molecule has 0 N–H and O–H groups in total. The van der Waals surface area contributed by atoms with Gasteiger partial charge in [0.15, 0.2) is 0 Å². The van der Waals surface area contributed by atoms with Crippen molar-refractivity contribution >= 4 is 45.2 Å². The fraction of sp³-hybridized carbons (Fsp3) is 0.571. The minimum Gasteiger partial charge on any atom is -0.492 e. The maximum absolute atomic E-state index is 5.81. The number of hydrogen-bond donors (Lipinski definition) is 0. The number of halogens is 2. The second-order valence-electron chi connectivity index (χ2n) is 4.19. The van der Waals surface area contributed by atoms with Gasteiger partial charge in [0, 0.05) is 3.57 Å². The molecule has 0 unspecified atom stereocenters. The maximum Gasteiger partial charge on any atom is 0.133 e. The standard InChI is InChI=1S/C14H20I2O/c1-2-3-4-5-6-7-10-17-14-11-12(15)8-9-13(14)16/h8-9,11H,2-7,10H2,1H3. The van der Waals surface area contributed by atoms with Crippen molar-refractivity contribution in [3.8, 4) is 5.75 Å². The first kappa shape index (κ1) is 15.5. The van der Waals surface area contributed by atoms with E-state index in [0.717, 1.165) is 12.4 Å². The van der Waals surface area contributed by atoms with E-state index in [2.05, 4.69) is 70.3 Å². The predicted octanol–water partition coefficient (Wildman–Crippen LogP) is 5.64. The smallest absolute Gasteiger partial charge is 0.133 e. The maximum atomic E-state index is 5.81. The lowest BCUT2D eigenvalue weighted by atomic mass is 10.1. The Kier molecular flexibility index (Phi) is 8.61. The van der Waals surface area contributed by atoms with Crippen molar-refractivity contribution in [3.05, 3.63) is 25.3 Å². The molecule has 0 saturated heterocycles. The Labute approximate surface area is 132 Å². The fourth-order valence-corrected chi connectivity index (χ4v) is 2.61. The second-order valence-corrected chi connectivity index (χ2v) is 6.60. The van der Waals surface area contributed by atoms with Gasteiger partial charge in [-0.3, -0.25) is 0 Å². The normalized spacial score (nSPS) is 10.5. The fourth-order valence-electron chi connectivity index (χ4n) is 1.65. The molecule has 0 bridgehead atoms.